The van der Waals surface area contributed by atoms with Gasteiger partial charge in [-0.2, -0.15) is 0 Å². The molecule has 1 N–H and O–H groups in total. The molecule has 3 aromatic rings. The highest BCUT2D eigenvalue weighted by Crippen LogP contribution is 2.26. The predicted molar refractivity (Wildman–Crippen MR) is 124 cm³/mol. The fourth-order valence-electron chi connectivity index (χ4n) is 3.62. The first-order valence-corrected chi connectivity index (χ1v) is 10.6. The molecule has 0 saturated carbocycles. The average molecular weight is 417 g/mol. The minimum Gasteiger partial charge on any atom is -0.493 e. The molecule has 0 radical (unpaired) electrons. The molecular formula is C25H24N2O2S. The SMILES string of the molecule is O=C(NC(=S)N1CCCc2ccccc21)c1ccc(OCCc2ccccc2)cc1. The van der Waals surface area contributed by atoms with Crippen molar-refractivity contribution < 1.29 is 9.53 Å². The molecule has 0 atom stereocenters. The van der Waals surface area contributed by atoms with Crippen molar-refractivity contribution in [3.05, 3.63) is 95.6 Å². The molecular weight excluding hydrogens is 392 g/mol. The highest BCUT2D eigenvalue weighted by atomic mass is 32.1. The largest absolute Gasteiger partial charge is 0.493 e. The number of thiocarbonyl (C=S) groups is 1. The number of ether oxygens (including phenoxy) is 1. The number of carbonyl (C=O) groups excluding carboxylic acids is 1. The van der Waals surface area contributed by atoms with Gasteiger partial charge in [-0.25, -0.2) is 0 Å². The van der Waals surface area contributed by atoms with Gasteiger partial charge in [0.15, 0.2) is 5.11 Å². The summed E-state index contributed by atoms with van der Waals surface area (Å²) in [7, 11) is 0. The molecule has 5 heteroatoms. The van der Waals surface area contributed by atoms with Crippen LogP contribution in [-0.2, 0) is 12.8 Å². The van der Waals surface area contributed by atoms with E-state index < -0.39 is 0 Å². The molecule has 1 aliphatic rings. The van der Waals surface area contributed by atoms with Crippen LogP contribution in [0.1, 0.15) is 27.9 Å². The lowest BCUT2D eigenvalue weighted by Crippen LogP contribution is -2.45. The van der Waals surface area contributed by atoms with Gasteiger partial charge >= 0.3 is 0 Å². The van der Waals surface area contributed by atoms with Gasteiger partial charge in [-0.05, 0) is 66.5 Å². The number of carbonyl (C=O) groups is 1. The molecule has 0 aromatic heterocycles. The summed E-state index contributed by atoms with van der Waals surface area (Å²) in [6, 6.07) is 25.6. The lowest BCUT2D eigenvalue weighted by atomic mass is 10.0. The van der Waals surface area contributed by atoms with E-state index in [0.29, 0.717) is 17.3 Å². The number of rotatable bonds is 5. The third-order valence-corrected chi connectivity index (χ3v) is 5.52. The molecule has 4 nitrogen and oxygen atoms in total. The summed E-state index contributed by atoms with van der Waals surface area (Å²) in [4.78, 5) is 14.7. The highest BCUT2D eigenvalue weighted by Gasteiger charge is 2.21. The molecule has 3 aromatic carbocycles. The smallest absolute Gasteiger partial charge is 0.257 e. The van der Waals surface area contributed by atoms with Crippen LogP contribution in [0.5, 0.6) is 5.75 Å². The van der Waals surface area contributed by atoms with Crippen LogP contribution in [0.4, 0.5) is 5.69 Å². The van der Waals surface area contributed by atoms with E-state index in [-0.39, 0.29) is 5.91 Å². The summed E-state index contributed by atoms with van der Waals surface area (Å²) >= 11 is 5.53. The van der Waals surface area contributed by atoms with Crippen molar-refractivity contribution in [3.8, 4) is 5.75 Å². The van der Waals surface area contributed by atoms with Crippen molar-refractivity contribution in [1.82, 2.24) is 5.32 Å². The Bertz CT molecular complexity index is 1020. The Balaban J connectivity index is 1.32. The van der Waals surface area contributed by atoms with Crippen molar-refractivity contribution >= 4 is 28.9 Å². The molecule has 0 spiro atoms. The summed E-state index contributed by atoms with van der Waals surface area (Å²) in [5.41, 5.74) is 4.13. The van der Waals surface area contributed by atoms with Crippen molar-refractivity contribution in [3.63, 3.8) is 0 Å². The molecule has 0 fully saturated rings. The molecule has 1 heterocycles. The van der Waals surface area contributed by atoms with Crippen molar-refractivity contribution in [2.45, 2.75) is 19.3 Å². The van der Waals surface area contributed by atoms with E-state index in [1.54, 1.807) is 12.1 Å². The Labute approximate surface area is 182 Å². The van der Waals surface area contributed by atoms with Crippen molar-refractivity contribution in [2.75, 3.05) is 18.1 Å². The van der Waals surface area contributed by atoms with Gasteiger partial charge in [-0.15, -0.1) is 0 Å². The number of hydrogen-bond acceptors (Lipinski definition) is 3. The van der Waals surface area contributed by atoms with Gasteiger partial charge < -0.3 is 9.64 Å². The van der Waals surface area contributed by atoms with Gasteiger partial charge in [0, 0.05) is 24.2 Å². The number of para-hydroxylation sites is 1. The van der Waals surface area contributed by atoms with Gasteiger partial charge in [0.1, 0.15) is 5.75 Å². The van der Waals surface area contributed by atoms with E-state index in [2.05, 4.69) is 29.6 Å². The molecule has 1 aliphatic heterocycles. The first-order valence-electron chi connectivity index (χ1n) is 10.2. The molecule has 0 aliphatic carbocycles. The second-order valence-corrected chi connectivity index (χ2v) is 7.64. The summed E-state index contributed by atoms with van der Waals surface area (Å²) in [5.74, 6) is 0.536. The molecule has 1 amide bonds. The number of anilines is 1. The van der Waals surface area contributed by atoms with Gasteiger partial charge in [0.05, 0.1) is 6.61 Å². The lowest BCUT2D eigenvalue weighted by Gasteiger charge is -2.31. The number of amides is 1. The van der Waals surface area contributed by atoms with Gasteiger partial charge in [0.2, 0.25) is 0 Å². The van der Waals surface area contributed by atoms with Crippen LogP contribution in [0.15, 0.2) is 78.9 Å². The highest BCUT2D eigenvalue weighted by molar-refractivity contribution is 7.80. The minimum absolute atomic E-state index is 0.209. The van der Waals surface area contributed by atoms with E-state index in [1.807, 2.05) is 47.4 Å². The molecule has 0 bridgehead atoms. The molecule has 152 valence electrons. The maximum Gasteiger partial charge on any atom is 0.257 e. The van der Waals surface area contributed by atoms with Crippen LogP contribution in [0, 0.1) is 0 Å². The lowest BCUT2D eigenvalue weighted by molar-refractivity contribution is 0.0977. The zero-order valence-corrected chi connectivity index (χ0v) is 17.5. The van der Waals surface area contributed by atoms with Gasteiger partial charge in [0.25, 0.3) is 5.91 Å². The first-order chi connectivity index (χ1) is 14.7. The van der Waals surface area contributed by atoms with Crippen LogP contribution in [0.25, 0.3) is 0 Å². The van der Waals surface area contributed by atoms with Crippen LogP contribution in [0.3, 0.4) is 0 Å². The van der Waals surface area contributed by atoms with Gasteiger partial charge in [-0.1, -0.05) is 48.5 Å². The Morgan fingerprint density at radius 3 is 2.50 bits per heavy atom. The molecule has 4 rings (SSSR count). The zero-order valence-electron chi connectivity index (χ0n) is 16.7. The second kappa shape index (κ2) is 9.55. The Kier molecular flexibility index (Phi) is 6.40. The van der Waals surface area contributed by atoms with Crippen LogP contribution in [0.2, 0.25) is 0 Å². The summed E-state index contributed by atoms with van der Waals surface area (Å²) < 4.78 is 5.79. The molecule has 0 unspecified atom stereocenters. The summed E-state index contributed by atoms with van der Waals surface area (Å²) in [5, 5.41) is 3.31. The number of aryl methyl sites for hydroxylation is 1. The maximum absolute atomic E-state index is 12.7. The van der Waals surface area contributed by atoms with E-state index >= 15 is 0 Å². The van der Waals surface area contributed by atoms with E-state index in [0.717, 1.165) is 37.2 Å². The fourth-order valence-corrected chi connectivity index (χ4v) is 3.90. The number of hydrogen-bond donors (Lipinski definition) is 1. The van der Waals surface area contributed by atoms with Crippen molar-refractivity contribution in [1.29, 1.82) is 0 Å². The number of nitrogens with one attached hydrogen (secondary N) is 1. The van der Waals surface area contributed by atoms with E-state index in [9.17, 15) is 4.79 Å². The summed E-state index contributed by atoms with van der Waals surface area (Å²) in [6.07, 6.45) is 2.89. The number of nitrogens with zero attached hydrogens (tertiary/aromatic N) is 1. The van der Waals surface area contributed by atoms with Crippen molar-refractivity contribution in [2.24, 2.45) is 0 Å². The normalized spacial score (nSPS) is 12.7. The fraction of sp³-hybridized carbons (Fsp3) is 0.200. The van der Waals surface area contributed by atoms with Gasteiger partial charge in [-0.3, -0.25) is 10.1 Å². The standard InChI is InChI=1S/C25H24N2O2S/c28-24(26-25(30)27-17-6-10-20-9-4-5-11-23(20)27)21-12-14-22(15-13-21)29-18-16-19-7-2-1-3-8-19/h1-5,7-9,11-15H,6,10,16-18H2,(H,26,28,30). The Hall–Kier alpha value is -3.18. The van der Waals surface area contributed by atoms with Crippen LogP contribution in [-0.4, -0.2) is 24.2 Å². The second-order valence-electron chi connectivity index (χ2n) is 7.25. The van der Waals surface area contributed by atoms with E-state index in [1.165, 1.54) is 11.1 Å². The third-order valence-electron chi connectivity index (χ3n) is 5.19. The monoisotopic (exact) mass is 416 g/mol. The quantitative estimate of drug-likeness (QED) is 0.608. The first kappa shape index (κ1) is 20.1. The Morgan fingerprint density at radius 1 is 0.967 bits per heavy atom. The predicted octanol–water partition coefficient (Wildman–Crippen LogP) is 4.78. The molecule has 0 saturated heterocycles. The third kappa shape index (κ3) is 4.86. The van der Waals surface area contributed by atoms with E-state index in [4.69, 9.17) is 17.0 Å². The Morgan fingerprint density at radius 2 is 1.70 bits per heavy atom. The van der Waals surface area contributed by atoms with Crippen LogP contribution < -0.4 is 15.0 Å². The zero-order chi connectivity index (χ0) is 20.8. The minimum atomic E-state index is -0.209. The average Bonchev–Trinajstić information content (AvgIpc) is 2.80. The maximum atomic E-state index is 12.7. The number of fused-ring (bicyclic) bond motifs is 1. The number of benzene rings is 3. The summed E-state index contributed by atoms with van der Waals surface area (Å²) in [6.45, 7) is 1.40. The van der Waals surface area contributed by atoms with Crippen LogP contribution >= 0.6 is 12.2 Å². The topological polar surface area (TPSA) is 41.6 Å². The molecule has 30 heavy (non-hydrogen) atoms.